The van der Waals surface area contributed by atoms with Crippen LogP contribution in [0.3, 0.4) is 0 Å². The van der Waals surface area contributed by atoms with E-state index in [9.17, 15) is 4.79 Å². The van der Waals surface area contributed by atoms with Gasteiger partial charge in [-0.3, -0.25) is 9.78 Å². The third kappa shape index (κ3) is 3.70. The van der Waals surface area contributed by atoms with E-state index in [4.69, 9.17) is 5.73 Å². The molecule has 3 rings (SSSR count). The molecule has 0 bridgehead atoms. The fraction of sp³-hybridized carbons (Fsp3) is 0.125. The molecule has 0 fully saturated rings. The van der Waals surface area contributed by atoms with Crippen molar-refractivity contribution in [1.29, 1.82) is 0 Å². The Morgan fingerprint density at radius 2 is 2.17 bits per heavy atom. The molecule has 0 saturated carbocycles. The SMILES string of the molecule is Nc1ncc(-c2ccsc2)nc1C(=O)NCCc1ccccn1. The molecule has 0 aliphatic carbocycles. The molecule has 3 aromatic heterocycles. The van der Waals surface area contributed by atoms with Gasteiger partial charge in [0.25, 0.3) is 5.91 Å². The van der Waals surface area contributed by atoms with Crippen molar-refractivity contribution in [2.24, 2.45) is 0 Å². The minimum Gasteiger partial charge on any atom is -0.382 e. The van der Waals surface area contributed by atoms with E-state index in [1.165, 1.54) is 0 Å². The van der Waals surface area contributed by atoms with Crippen molar-refractivity contribution in [3.63, 3.8) is 0 Å². The standard InChI is InChI=1S/C16H15N5OS/c17-15-14(21-13(9-20-15)11-5-8-23-10-11)16(22)19-7-4-12-3-1-2-6-18-12/h1-3,5-6,8-10H,4,7H2,(H2,17,20)(H,19,22). The summed E-state index contributed by atoms with van der Waals surface area (Å²) in [6.07, 6.45) is 3.94. The Balaban J connectivity index is 1.68. The molecule has 0 radical (unpaired) electrons. The van der Waals surface area contributed by atoms with Crippen LogP contribution in [0.1, 0.15) is 16.2 Å². The van der Waals surface area contributed by atoms with Crippen LogP contribution in [0.4, 0.5) is 5.82 Å². The van der Waals surface area contributed by atoms with Crippen molar-refractivity contribution in [3.05, 3.63) is 58.8 Å². The molecule has 1 amide bonds. The number of nitrogens with two attached hydrogens (primary N) is 1. The predicted octanol–water partition coefficient (Wildman–Crippen LogP) is 2.15. The molecule has 3 N–H and O–H groups in total. The first-order chi connectivity index (χ1) is 11.2. The van der Waals surface area contributed by atoms with Crippen LogP contribution in [-0.4, -0.2) is 27.4 Å². The van der Waals surface area contributed by atoms with Crippen LogP contribution < -0.4 is 11.1 Å². The van der Waals surface area contributed by atoms with Crippen LogP contribution in [0.25, 0.3) is 11.3 Å². The fourth-order valence-electron chi connectivity index (χ4n) is 2.05. The molecule has 0 aliphatic heterocycles. The van der Waals surface area contributed by atoms with E-state index >= 15 is 0 Å². The number of aromatic nitrogens is 3. The van der Waals surface area contributed by atoms with Gasteiger partial charge < -0.3 is 11.1 Å². The molecular weight excluding hydrogens is 310 g/mol. The molecule has 0 saturated heterocycles. The third-order valence-electron chi connectivity index (χ3n) is 3.23. The van der Waals surface area contributed by atoms with Gasteiger partial charge in [0.1, 0.15) is 0 Å². The first kappa shape index (κ1) is 15.1. The van der Waals surface area contributed by atoms with Crippen molar-refractivity contribution in [1.82, 2.24) is 20.3 Å². The molecular formula is C16H15N5OS. The first-order valence-corrected chi connectivity index (χ1v) is 8.01. The third-order valence-corrected chi connectivity index (χ3v) is 3.91. The average Bonchev–Trinajstić information content (AvgIpc) is 3.10. The fourth-order valence-corrected chi connectivity index (χ4v) is 2.70. The van der Waals surface area contributed by atoms with Gasteiger partial charge in [0.15, 0.2) is 11.5 Å². The van der Waals surface area contributed by atoms with Crippen molar-refractivity contribution in [3.8, 4) is 11.3 Å². The van der Waals surface area contributed by atoms with Crippen LogP contribution in [0.15, 0.2) is 47.4 Å². The van der Waals surface area contributed by atoms with Gasteiger partial charge in [0.05, 0.1) is 11.9 Å². The lowest BCUT2D eigenvalue weighted by Gasteiger charge is -2.07. The number of rotatable bonds is 5. The van der Waals surface area contributed by atoms with Gasteiger partial charge in [-0.1, -0.05) is 6.07 Å². The summed E-state index contributed by atoms with van der Waals surface area (Å²) in [4.78, 5) is 24.9. The van der Waals surface area contributed by atoms with E-state index in [0.717, 1.165) is 11.3 Å². The number of anilines is 1. The topological polar surface area (TPSA) is 93.8 Å². The summed E-state index contributed by atoms with van der Waals surface area (Å²) in [5.41, 5.74) is 8.40. The Morgan fingerprint density at radius 3 is 2.91 bits per heavy atom. The quantitative estimate of drug-likeness (QED) is 0.749. The Bertz CT molecular complexity index is 789. The summed E-state index contributed by atoms with van der Waals surface area (Å²) in [7, 11) is 0. The van der Waals surface area contributed by atoms with Crippen LogP contribution in [0.5, 0.6) is 0 Å². The normalized spacial score (nSPS) is 10.4. The minimum absolute atomic E-state index is 0.124. The van der Waals surface area contributed by atoms with Crippen LogP contribution in [0.2, 0.25) is 0 Å². The Hall–Kier alpha value is -2.80. The molecule has 23 heavy (non-hydrogen) atoms. The highest BCUT2D eigenvalue weighted by molar-refractivity contribution is 7.08. The van der Waals surface area contributed by atoms with E-state index in [0.29, 0.717) is 18.7 Å². The van der Waals surface area contributed by atoms with Crippen LogP contribution in [-0.2, 0) is 6.42 Å². The second kappa shape index (κ2) is 6.97. The second-order valence-corrected chi connectivity index (χ2v) is 5.61. The molecule has 0 aromatic carbocycles. The summed E-state index contributed by atoms with van der Waals surface area (Å²) in [5, 5.41) is 6.69. The molecule has 3 heterocycles. The molecule has 0 spiro atoms. The Morgan fingerprint density at radius 1 is 1.26 bits per heavy atom. The van der Waals surface area contributed by atoms with Crippen molar-refractivity contribution < 1.29 is 4.79 Å². The maximum absolute atomic E-state index is 12.3. The van der Waals surface area contributed by atoms with E-state index < -0.39 is 0 Å². The van der Waals surface area contributed by atoms with Gasteiger partial charge >= 0.3 is 0 Å². The summed E-state index contributed by atoms with van der Waals surface area (Å²) in [6, 6.07) is 7.61. The predicted molar refractivity (Wildman–Crippen MR) is 90.0 cm³/mol. The summed E-state index contributed by atoms with van der Waals surface area (Å²) >= 11 is 1.56. The number of pyridine rings is 1. The number of amides is 1. The zero-order chi connectivity index (χ0) is 16.1. The van der Waals surface area contributed by atoms with Gasteiger partial charge in [-0.25, -0.2) is 9.97 Å². The number of hydrogen-bond donors (Lipinski definition) is 2. The monoisotopic (exact) mass is 325 g/mol. The van der Waals surface area contributed by atoms with Crippen molar-refractivity contribution >= 4 is 23.1 Å². The molecule has 7 heteroatoms. The zero-order valence-corrected chi connectivity index (χ0v) is 13.1. The molecule has 0 atom stereocenters. The number of nitrogens with zero attached hydrogens (tertiary/aromatic N) is 3. The van der Waals surface area contributed by atoms with Gasteiger partial charge in [-0.05, 0) is 23.6 Å². The average molecular weight is 325 g/mol. The maximum Gasteiger partial charge on any atom is 0.273 e. The number of hydrogen-bond acceptors (Lipinski definition) is 6. The van der Waals surface area contributed by atoms with Crippen molar-refractivity contribution in [2.45, 2.75) is 6.42 Å². The van der Waals surface area contributed by atoms with E-state index in [2.05, 4.69) is 20.3 Å². The van der Waals surface area contributed by atoms with Crippen LogP contribution >= 0.6 is 11.3 Å². The second-order valence-electron chi connectivity index (χ2n) is 4.83. The lowest BCUT2D eigenvalue weighted by atomic mass is 10.2. The lowest BCUT2D eigenvalue weighted by Crippen LogP contribution is -2.28. The number of carbonyl (C=O) groups is 1. The zero-order valence-electron chi connectivity index (χ0n) is 12.3. The van der Waals surface area contributed by atoms with Gasteiger partial charge in [0.2, 0.25) is 0 Å². The molecule has 0 unspecified atom stereocenters. The van der Waals surface area contributed by atoms with E-state index in [1.54, 1.807) is 23.7 Å². The molecule has 116 valence electrons. The highest BCUT2D eigenvalue weighted by atomic mass is 32.1. The summed E-state index contributed by atoms with van der Waals surface area (Å²) in [5.74, 6) is -0.206. The number of nitrogens with one attached hydrogen (secondary N) is 1. The summed E-state index contributed by atoms with van der Waals surface area (Å²) in [6.45, 7) is 0.458. The maximum atomic E-state index is 12.3. The van der Waals surface area contributed by atoms with Crippen molar-refractivity contribution in [2.75, 3.05) is 12.3 Å². The van der Waals surface area contributed by atoms with Gasteiger partial charge in [-0.15, -0.1) is 0 Å². The molecule has 6 nitrogen and oxygen atoms in total. The van der Waals surface area contributed by atoms with E-state index in [-0.39, 0.29) is 17.4 Å². The smallest absolute Gasteiger partial charge is 0.273 e. The van der Waals surface area contributed by atoms with Crippen LogP contribution in [0, 0.1) is 0 Å². The molecule has 3 aromatic rings. The highest BCUT2D eigenvalue weighted by Gasteiger charge is 2.14. The molecule has 0 aliphatic rings. The Kier molecular flexibility index (Phi) is 4.58. The minimum atomic E-state index is -0.331. The van der Waals surface area contributed by atoms with Gasteiger partial charge in [0, 0.05) is 35.8 Å². The number of thiophene rings is 1. The lowest BCUT2D eigenvalue weighted by molar-refractivity contribution is 0.0950. The largest absolute Gasteiger partial charge is 0.382 e. The summed E-state index contributed by atoms with van der Waals surface area (Å²) < 4.78 is 0. The number of carbonyl (C=O) groups excluding carboxylic acids is 1. The Labute approximate surface area is 137 Å². The van der Waals surface area contributed by atoms with E-state index in [1.807, 2.05) is 35.0 Å². The first-order valence-electron chi connectivity index (χ1n) is 7.07. The van der Waals surface area contributed by atoms with Gasteiger partial charge in [-0.2, -0.15) is 11.3 Å². The number of nitrogen functional groups attached to an aromatic ring is 1. The highest BCUT2D eigenvalue weighted by Crippen LogP contribution is 2.20.